The van der Waals surface area contributed by atoms with Crippen LogP contribution >= 0.6 is 0 Å². The summed E-state index contributed by atoms with van der Waals surface area (Å²) < 4.78 is 10.7. The molecule has 0 radical (unpaired) electrons. The van der Waals surface area contributed by atoms with Crippen molar-refractivity contribution >= 4 is 12.1 Å². The lowest BCUT2D eigenvalue weighted by Gasteiger charge is -2.51. The SMILES string of the molecule is O=C(O)C1CCC2(CO1)CN(C(=O)OCc1ccccc1)C2. The van der Waals surface area contributed by atoms with Gasteiger partial charge in [-0.25, -0.2) is 9.59 Å². The summed E-state index contributed by atoms with van der Waals surface area (Å²) in [5, 5.41) is 8.91. The normalized spacial score (nSPS) is 22.9. The highest BCUT2D eigenvalue weighted by atomic mass is 16.6. The molecule has 6 heteroatoms. The first-order chi connectivity index (χ1) is 10.6. The number of ether oxygens (including phenoxy) is 2. The van der Waals surface area contributed by atoms with E-state index < -0.39 is 12.1 Å². The number of hydrogen-bond acceptors (Lipinski definition) is 4. The Labute approximate surface area is 128 Å². The molecule has 6 nitrogen and oxygen atoms in total. The van der Waals surface area contributed by atoms with Gasteiger partial charge in [0.05, 0.1) is 6.61 Å². The summed E-state index contributed by atoms with van der Waals surface area (Å²) in [5.74, 6) is -0.909. The minimum absolute atomic E-state index is 0.0856. The van der Waals surface area contributed by atoms with Crippen LogP contribution in [0.1, 0.15) is 18.4 Å². The zero-order chi connectivity index (χ0) is 15.6. The fourth-order valence-electron chi connectivity index (χ4n) is 3.02. The van der Waals surface area contributed by atoms with E-state index in [9.17, 15) is 9.59 Å². The maximum Gasteiger partial charge on any atom is 0.410 e. The molecule has 1 spiro atoms. The number of hydrogen-bond donors (Lipinski definition) is 1. The Balaban J connectivity index is 1.43. The molecule has 2 heterocycles. The fourth-order valence-corrected chi connectivity index (χ4v) is 3.02. The largest absolute Gasteiger partial charge is 0.479 e. The molecule has 1 aromatic rings. The second kappa shape index (κ2) is 5.96. The first-order valence-electron chi connectivity index (χ1n) is 7.38. The van der Waals surface area contributed by atoms with E-state index in [1.54, 1.807) is 4.90 Å². The number of carbonyl (C=O) groups is 2. The summed E-state index contributed by atoms with van der Waals surface area (Å²) in [6.45, 7) is 1.81. The van der Waals surface area contributed by atoms with Crippen molar-refractivity contribution in [2.75, 3.05) is 19.7 Å². The topological polar surface area (TPSA) is 76.1 Å². The molecule has 2 saturated heterocycles. The van der Waals surface area contributed by atoms with Gasteiger partial charge in [0.15, 0.2) is 6.10 Å². The molecule has 0 saturated carbocycles. The van der Waals surface area contributed by atoms with Gasteiger partial charge in [-0.05, 0) is 18.4 Å². The average molecular weight is 305 g/mol. The van der Waals surface area contributed by atoms with Crippen LogP contribution in [0, 0.1) is 5.41 Å². The Morgan fingerprint density at radius 2 is 2.05 bits per heavy atom. The zero-order valence-electron chi connectivity index (χ0n) is 12.2. The Kier molecular flexibility index (Phi) is 4.02. The second-order valence-electron chi connectivity index (χ2n) is 6.07. The molecule has 1 aromatic carbocycles. The predicted octanol–water partition coefficient (Wildman–Crippen LogP) is 1.89. The van der Waals surface area contributed by atoms with Gasteiger partial charge in [-0.15, -0.1) is 0 Å². The lowest BCUT2D eigenvalue weighted by molar-refractivity contribution is -0.168. The van der Waals surface area contributed by atoms with Crippen molar-refractivity contribution in [2.45, 2.75) is 25.6 Å². The maximum atomic E-state index is 12.0. The van der Waals surface area contributed by atoms with Crippen LogP contribution in [0.2, 0.25) is 0 Å². The van der Waals surface area contributed by atoms with Gasteiger partial charge in [-0.1, -0.05) is 30.3 Å². The molecule has 118 valence electrons. The smallest absolute Gasteiger partial charge is 0.410 e. The van der Waals surface area contributed by atoms with E-state index in [4.69, 9.17) is 14.6 Å². The number of benzene rings is 1. The minimum Gasteiger partial charge on any atom is -0.479 e. The second-order valence-corrected chi connectivity index (χ2v) is 6.07. The van der Waals surface area contributed by atoms with Gasteiger partial charge in [0.2, 0.25) is 0 Å². The van der Waals surface area contributed by atoms with Crippen molar-refractivity contribution in [1.82, 2.24) is 4.90 Å². The monoisotopic (exact) mass is 305 g/mol. The number of carboxylic acid groups (broad SMARTS) is 1. The molecule has 2 fully saturated rings. The number of carbonyl (C=O) groups excluding carboxylic acids is 1. The molecule has 1 N–H and O–H groups in total. The predicted molar refractivity (Wildman–Crippen MR) is 77.2 cm³/mol. The summed E-state index contributed by atoms with van der Waals surface area (Å²) in [5.41, 5.74) is 0.869. The number of likely N-dealkylation sites (tertiary alicyclic amines) is 1. The summed E-state index contributed by atoms with van der Waals surface area (Å²) in [4.78, 5) is 24.5. The van der Waals surface area contributed by atoms with Crippen molar-refractivity contribution in [1.29, 1.82) is 0 Å². The molecule has 0 bridgehead atoms. The number of rotatable bonds is 3. The Hall–Kier alpha value is -2.08. The Bertz CT molecular complexity index is 543. The first-order valence-corrected chi connectivity index (χ1v) is 7.38. The van der Waals surface area contributed by atoms with Crippen LogP contribution < -0.4 is 0 Å². The molecule has 22 heavy (non-hydrogen) atoms. The van der Waals surface area contributed by atoms with Gasteiger partial charge < -0.3 is 19.5 Å². The maximum absolute atomic E-state index is 12.0. The molecule has 3 rings (SSSR count). The van der Waals surface area contributed by atoms with E-state index in [0.29, 0.717) is 26.1 Å². The van der Waals surface area contributed by atoms with Gasteiger partial charge in [-0.3, -0.25) is 0 Å². The standard InChI is InChI=1S/C16H19NO5/c18-14(19)13-6-7-16(11-22-13)9-17(10-16)15(20)21-8-12-4-2-1-3-5-12/h1-5,13H,6-11H2,(H,18,19). The zero-order valence-corrected chi connectivity index (χ0v) is 12.2. The summed E-state index contributed by atoms with van der Waals surface area (Å²) in [6.07, 6.45) is 0.244. The quantitative estimate of drug-likeness (QED) is 0.923. The van der Waals surface area contributed by atoms with E-state index in [2.05, 4.69) is 0 Å². The Morgan fingerprint density at radius 3 is 2.64 bits per heavy atom. The molecule has 0 aliphatic carbocycles. The van der Waals surface area contributed by atoms with Crippen LogP contribution in [0.25, 0.3) is 0 Å². The van der Waals surface area contributed by atoms with Crippen molar-refractivity contribution in [2.24, 2.45) is 5.41 Å². The van der Waals surface area contributed by atoms with Crippen LogP contribution in [-0.4, -0.2) is 47.9 Å². The highest BCUT2D eigenvalue weighted by Crippen LogP contribution is 2.40. The third-order valence-electron chi connectivity index (χ3n) is 4.32. The number of aliphatic carboxylic acids is 1. The molecule has 1 atom stereocenters. The molecule has 1 amide bonds. The van der Waals surface area contributed by atoms with E-state index >= 15 is 0 Å². The molecule has 2 aliphatic heterocycles. The third-order valence-corrected chi connectivity index (χ3v) is 4.32. The number of nitrogens with zero attached hydrogens (tertiary/aromatic N) is 1. The highest BCUT2D eigenvalue weighted by molar-refractivity contribution is 5.72. The lowest BCUT2D eigenvalue weighted by Crippen LogP contribution is -2.62. The van der Waals surface area contributed by atoms with Crippen molar-refractivity contribution in [3.8, 4) is 0 Å². The Morgan fingerprint density at radius 1 is 1.32 bits per heavy atom. The molecule has 2 aliphatic rings. The van der Waals surface area contributed by atoms with E-state index in [1.807, 2.05) is 30.3 Å². The van der Waals surface area contributed by atoms with Gasteiger partial charge in [0.1, 0.15) is 6.61 Å². The third kappa shape index (κ3) is 3.06. The summed E-state index contributed by atoms with van der Waals surface area (Å²) in [6, 6.07) is 9.54. The van der Waals surface area contributed by atoms with Gasteiger partial charge in [0, 0.05) is 18.5 Å². The van der Waals surface area contributed by atoms with Crippen LogP contribution in [0.4, 0.5) is 4.79 Å². The number of amides is 1. The van der Waals surface area contributed by atoms with E-state index in [0.717, 1.165) is 12.0 Å². The summed E-state index contributed by atoms with van der Waals surface area (Å²) >= 11 is 0. The van der Waals surface area contributed by atoms with Crippen LogP contribution in [0.3, 0.4) is 0 Å². The van der Waals surface area contributed by atoms with Gasteiger partial charge in [0.25, 0.3) is 0 Å². The molecule has 1 unspecified atom stereocenters. The molecular formula is C16H19NO5. The van der Waals surface area contributed by atoms with Crippen LogP contribution in [0.5, 0.6) is 0 Å². The molecular weight excluding hydrogens is 286 g/mol. The van der Waals surface area contributed by atoms with E-state index in [-0.39, 0.29) is 18.1 Å². The fraction of sp³-hybridized carbons (Fsp3) is 0.500. The minimum atomic E-state index is -0.909. The van der Waals surface area contributed by atoms with E-state index in [1.165, 1.54) is 0 Å². The van der Waals surface area contributed by atoms with Gasteiger partial charge >= 0.3 is 12.1 Å². The van der Waals surface area contributed by atoms with Crippen molar-refractivity contribution in [3.05, 3.63) is 35.9 Å². The van der Waals surface area contributed by atoms with Crippen molar-refractivity contribution < 1.29 is 24.2 Å². The average Bonchev–Trinajstić information content (AvgIpc) is 2.51. The highest BCUT2D eigenvalue weighted by Gasteiger charge is 2.49. The molecule has 0 aromatic heterocycles. The van der Waals surface area contributed by atoms with Crippen molar-refractivity contribution in [3.63, 3.8) is 0 Å². The van der Waals surface area contributed by atoms with Crippen LogP contribution in [-0.2, 0) is 20.9 Å². The van der Waals surface area contributed by atoms with Crippen LogP contribution in [0.15, 0.2) is 30.3 Å². The van der Waals surface area contributed by atoms with Gasteiger partial charge in [-0.2, -0.15) is 0 Å². The first kappa shape index (κ1) is 14.8. The summed E-state index contributed by atoms with van der Waals surface area (Å²) in [7, 11) is 0. The number of carboxylic acids is 1. The lowest BCUT2D eigenvalue weighted by atomic mass is 9.74.